The van der Waals surface area contributed by atoms with E-state index in [2.05, 4.69) is 0 Å². The first kappa shape index (κ1) is 14.9. The third-order valence-electron chi connectivity index (χ3n) is 3.54. The van der Waals surface area contributed by atoms with Crippen LogP contribution in [0.15, 0.2) is 42.5 Å². The second-order valence-electron chi connectivity index (χ2n) is 5.35. The van der Waals surface area contributed by atoms with Crippen molar-refractivity contribution in [3.63, 3.8) is 0 Å². The Kier molecular flexibility index (Phi) is 3.42. The average molecular weight is 335 g/mol. The van der Waals surface area contributed by atoms with Crippen molar-refractivity contribution in [1.29, 1.82) is 0 Å². The van der Waals surface area contributed by atoms with Crippen LogP contribution in [0.2, 0.25) is 5.02 Å². The fraction of sp³-hybridized carbons (Fsp3) is 0.125. The Hall–Kier alpha value is -1.98. The van der Waals surface area contributed by atoms with Gasteiger partial charge in [0.2, 0.25) is 10.0 Å². The zero-order valence-electron chi connectivity index (χ0n) is 12.2. The second kappa shape index (κ2) is 5.04. The van der Waals surface area contributed by atoms with Gasteiger partial charge in [0.05, 0.1) is 17.5 Å². The van der Waals surface area contributed by atoms with E-state index in [4.69, 9.17) is 17.3 Å². The van der Waals surface area contributed by atoms with E-state index in [-0.39, 0.29) is 0 Å². The first-order valence-electron chi connectivity index (χ1n) is 6.65. The van der Waals surface area contributed by atoms with Gasteiger partial charge in [-0.15, -0.1) is 0 Å². The number of hydrogen-bond acceptors (Lipinski definition) is 3. The quantitative estimate of drug-likeness (QED) is 0.727. The Labute approximate surface area is 134 Å². The van der Waals surface area contributed by atoms with E-state index in [0.29, 0.717) is 27.5 Å². The number of aryl methyl sites for hydroxylation is 1. The number of hydrogen-bond donors (Lipinski definition) is 1. The van der Waals surface area contributed by atoms with Gasteiger partial charge in [0, 0.05) is 21.7 Å². The monoisotopic (exact) mass is 334 g/mol. The van der Waals surface area contributed by atoms with Gasteiger partial charge in [-0.1, -0.05) is 23.2 Å². The molecule has 0 aliphatic rings. The Morgan fingerprint density at radius 3 is 2.50 bits per heavy atom. The molecule has 0 aliphatic carbocycles. The van der Waals surface area contributed by atoms with E-state index >= 15 is 0 Å². The summed E-state index contributed by atoms with van der Waals surface area (Å²) in [6, 6.07) is 12.5. The van der Waals surface area contributed by atoms with Gasteiger partial charge in [0.1, 0.15) is 0 Å². The van der Waals surface area contributed by atoms with Gasteiger partial charge in [-0.25, -0.2) is 12.4 Å². The van der Waals surface area contributed by atoms with Crippen molar-refractivity contribution in [1.82, 2.24) is 3.97 Å². The summed E-state index contributed by atoms with van der Waals surface area (Å²) in [5.41, 5.74) is 9.31. The Morgan fingerprint density at radius 2 is 1.82 bits per heavy atom. The van der Waals surface area contributed by atoms with E-state index in [1.54, 1.807) is 24.3 Å². The number of nitrogens with two attached hydrogens (primary N) is 1. The summed E-state index contributed by atoms with van der Waals surface area (Å²) in [4.78, 5) is 0. The van der Waals surface area contributed by atoms with Gasteiger partial charge in [-0.2, -0.15) is 0 Å². The standard InChI is InChI=1S/C16H15ClN2O2S/c1-10-3-6-15-11(7-10)8-16(19(15)22(2,20)21)13-9-12(17)4-5-14(13)18/h3-9H,18H2,1-2H3. The molecule has 0 bridgehead atoms. The number of fused-ring (bicyclic) bond motifs is 1. The molecular formula is C16H15ClN2O2S. The molecule has 0 aliphatic heterocycles. The molecular weight excluding hydrogens is 320 g/mol. The third-order valence-corrected chi connectivity index (χ3v) is 4.83. The molecule has 0 saturated heterocycles. The summed E-state index contributed by atoms with van der Waals surface area (Å²) >= 11 is 6.04. The molecule has 6 heteroatoms. The zero-order chi connectivity index (χ0) is 16.1. The van der Waals surface area contributed by atoms with Gasteiger partial charge in [-0.3, -0.25) is 0 Å². The lowest BCUT2D eigenvalue weighted by Gasteiger charge is -2.11. The maximum atomic E-state index is 12.3. The van der Waals surface area contributed by atoms with E-state index in [9.17, 15) is 8.42 Å². The van der Waals surface area contributed by atoms with Crippen LogP contribution >= 0.6 is 11.6 Å². The first-order valence-corrected chi connectivity index (χ1v) is 8.88. The van der Waals surface area contributed by atoms with Crippen LogP contribution in [0, 0.1) is 6.92 Å². The van der Waals surface area contributed by atoms with Crippen molar-refractivity contribution in [3.05, 3.63) is 53.1 Å². The van der Waals surface area contributed by atoms with E-state index in [0.717, 1.165) is 10.9 Å². The van der Waals surface area contributed by atoms with Crippen molar-refractivity contribution < 1.29 is 8.42 Å². The van der Waals surface area contributed by atoms with Crippen LogP contribution in [0.4, 0.5) is 5.69 Å². The van der Waals surface area contributed by atoms with Gasteiger partial charge in [-0.05, 0) is 43.3 Å². The SMILES string of the molecule is Cc1ccc2c(c1)cc(-c1cc(Cl)ccc1N)n2S(C)(=O)=O. The molecule has 0 atom stereocenters. The molecule has 1 heterocycles. The minimum atomic E-state index is -3.49. The number of anilines is 1. The number of nitrogen functional groups attached to an aromatic ring is 1. The van der Waals surface area contributed by atoms with E-state index < -0.39 is 10.0 Å². The number of rotatable bonds is 2. The summed E-state index contributed by atoms with van der Waals surface area (Å²) in [6.07, 6.45) is 1.18. The summed E-state index contributed by atoms with van der Waals surface area (Å²) in [6.45, 7) is 1.96. The summed E-state index contributed by atoms with van der Waals surface area (Å²) in [5, 5.41) is 1.35. The molecule has 114 valence electrons. The molecule has 22 heavy (non-hydrogen) atoms. The number of nitrogens with zero attached hydrogens (tertiary/aromatic N) is 1. The molecule has 0 saturated carbocycles. The minimum Gasteiger partial charge on any atom is -0.398 e. The molecule has 0 unspecified atom stereocenters. The van der Waals surface area contributed by atoms with Crippen molar-refractivity contribution in [2.45, 2.75) is 6.92 Å². The summed E-state index contributed by atoms with van der Waals surface area (Å²) in [5.74, 6) is 0. The minimum absolute atomic E-state index is 0.480. The zero-order valence-corrected chi connectivity index (χ0v) is 13.7. The second-order valence-corrected chi connectivity index (χ2v) is 7.62. The Bertz CT molecular complexity index is 991. The third kappa shape index (κ3) is 2.46. The highest BCUT2D eigenvalue weighted by Gasteiger charge is 2.19. The topological polar surface area (TPSA) is 65.1 Å². The van der Waals surface area contributed by atoms with Crippen molar-refractivity contribution >= 4 is 38.2 Å². The maximum absolute atomic E-state index is 12.3. The Balaban J connectivity index is 2.46. The predicted octanol–water partition coefficient (Wildman–Crippen LogP) is 3.66. The normalized spacial score (nSPS) is 12.0. The molecule has 0 spiro atoms. The highest BCUT2D eigenvalue weighted by Crippen LogP contribution is 2.34. The van der Waals surface area contributed by atoms with Gasteiger partial charge in [0.15, 0.2) is 0 Å². The molecule has 0 radical (unpaired) electrons. The van der Waals surface area contributed by atoms with Crippen molar-refractivity contribution in [2.24, 2.45) is 0 Å². The molecule has 0 fully saturated rings. The maximum Gasteiger partial charge on any atom is 0.236 e. The van der Waals surface area contributed by atoms with Crippen LogP contribution in [0.25, 0.3) is 22.2 Å². The van der Waals surface area contributed by atoms with Crippen LogP contribution in [0.1, 0.15) is 5.56 Å². The lowest BCUT2D eigenvalue weighted by Crippen LogP contribution is -2.11. The van der Waals surface area contributed by atoms with Crippen molar-refractivity contribution in [2.75, 3.05) is 12.0 Å². The fourth-order valence-corrected chi connectivity index (χ4v) is 3.81. The summed E-state index contributed by atoms with van der Waals surface area (Å²) in [7, 11) is -3.49. The van der Waals surface area contributed by atoms with Crippen LogP contribution in [0.5, 0.6) is 0 Å². The van der Waals surface area contributed by atoms with Gasteiger partial charge >= 0.3 is 0 Å². The lowest BCUT2D eigenvalue weighted by molar-refractivity contribution is 0.595. The highest BCUT2D eigenvalue weighted by molar-refractivity contribution is 7.89. The fourth-order valence-electron chi connectivity index (χ4n) is 2.60. The molecule has 1 aromatic heterocycles. The molecule has 2 aromatic carbocycles. The number of aromatic nitrogens is 1. The smallest absolute Gasteiger partial charge is 0.236 e. The number of halogens is 1. The van der Waals surface area contributed by atoms with E-state index in [1.165, 1.54) is 10.2 Å². The number of benzene rings is 2. The van der Waals surface area contributed by atoms with Crippen LogP contribution in [-0.4, -0.2) is 18.6 Å². The van der Waals surface area contributed by atoms with Crippen LogP contribution < -0.4 is 5.73 Å². The Morgan fingerprint density at radius 1 is 1.09 bits per heavy atom. The molecule has 4 nitrogen and oxygen atoms in total. The molecule has 3 aromatic rings. The van der Waals surface area contributed by atoms with Crippen LogP contribution in [-0.2, 0) is 10.0 Å². The molecule has 0 amide bonds. The van der Waals surface area contributed by atoms with Gasteiger partial charge < -0.3 is 5.73 Å². The average Bonchev–Trinajstić information content (AvgIpc) is 2.79. The van der Waals surface area contributed by atoms with Crippen LogP contribution in [0.3, 0.4) is 0 Å². The molecule has 3 rings (SSSR count). The van der Waals surface area contributed by atoms with Crippen molar-refractivity contribution in [3.8, 4) is 11.3 Å². The highest BCUT2D eigenvalue weighted by atomic mass is 35.5. The largest absolute Gasteiger partial charge is 0.398 e. The first-order chi connectivity index (χ1) is 10.3. The van der Waals surface area contributed by atoms with Gasteiger partial charge in [0.25, 0.3) is 0 Å². The lowest BCUT2D eigenvalue weighted by atomic mass is 10.1. The summed E-state index contributed by atoms with van der Waals surface area (Å²) < 4.78 is 25.9. The van der Waals surface area contributed by atoms with E-state index in [1.807, 2.05) is 25.1 Å². The predicted molar refractivity (Wildman–Crippen MR) is 91.8 cm³/mol. The molecule has 2 N–H and O–H groups in total.